The maximum Gasteiger partial charge on any atom is 0.230 e. The van der Waals surface area contributed by atoms with E-state index in [4.69, 9.17) is 5.73 Å². The lowest BCUT2D eigenvalue weighted by Crippen LogP contribution is -2.39. The number of nitrogens with two attached hydrogens (primary N) is 1. The summed E-state index contributed by atoms with van der Waals surface area (Å²) in [5.74, 6) is 0.196. The average molecular weight is 308 g/mol. The molecule has 1 atom stereocenters. The molecule has 3 nitrogen and oxygen atoms in total. The molecule has 1 aliphatic carbocycles. The molecule has 0 spiro atoms. The van der Waals surface area contributed by atoms with Gasteiger partial charge < -0.3 is 10.6 Å². The summed E-state index contributed by atoms with van der Waals surface area (Å²) in [4.78, 5) is 15.0. The van der Waals surface area contributed by atoms with Crippen LogP contribution in [0.5, 0.6) is 0 Å². The molecule has 1 aliphatic rings. The molecule has 0 fully saturated rings. The Morgan fingerprint density at radius 1 is 1.09 bits per heavy atom. The first-order chi connectivity index (χ1) is 11.3. The van der Waals surface area contributed by atoms with Crippen LogP contribution in [0.15, 0.2) is 54.6 Å². The second kappa shape index (κ2) is 7.42. The van der Waals surface area contributed by atoms with Crippen LogP contribution in [-0.4, -0.2) is 23.9 Å². The van der Waals surface area contributed by atoms with Gasteiger partial charge in [-0.1, -0.05) is 54.6 Å². The minimum Gasteiger partial charge on any atom is -0.337 e. The van der Waals surface area contributed by atoms with E-state index in [2.05, 4.69) is 30.3 Å². The molecular formula is C20H24N2O. The van der Waals surface area contributed by atoms with E-state index in [9.17, 15) is 4.79 Å². The second-order valence-electron chi connectivity index (χ2n) is 6.18. The SMILES string of the molecule is NCCN(Cc1ccccc1)C(=O)C1CCCc2ccccc21. The van der Waals surface area contributed by atoms with Crippen molar-refractivity contribution in [1.29, 1.82) is 0 Å². The third-order valence-corrected chi connectivity index (χ3v) is 4.59. The molecule has 0 saturated heterocycles. The number of carbonyl (C=O) groups is 1. The van der Waals surface area contributed by atoms with Gasteiger partial charge in [0.05, 0.1) is 5.92 Å². The normalized spacial score (nSPS) is 16.7. The number of carbonyl (C=O) groups excluding carboxylic acids is 1. The second-order valence-corrected chi connectivity index (χ2v) is 6.18. The predicted octanol–water partition coefficient (Wildman–Crippen LogP) is 3.09. The van der Waals surface area contributed by atoms with E-state index < -0.39 is 0 Å². The molecule has 3 heteroatoms. The van der Waals surface area contributed by atoms with Crippen LogP contribution in [-0.2, 0) is 17.8 Å². The van der Waals surface area contributed by atoms with E-state index in [0.29, 0.717) is 19.6 Å². The molecule has 1 unspecified atom stereocenters. The van der Waals surface area contributed by atoms with E-state index in [1.54, 1.807) is 0 Å². The molecule has 0 saturated carbocycles. The quantitative estimate of drug-likeness (QED) is 0.922. The summed E-state index contributed by atoms with van der Waals surface area (Å²) in [6.07, 6.45) is 3.09. The van der Waals surface area contributed by atoms with Crippen LogP contribution < -0.4 is 5.73 Å². The minimum absolute atomic E-state index is 0.0183. The summed E-state index contributed by atoms with van der Waals surface area (Å²) in [5.41, 5.74) is 9.43. The van der Waals surface area contributed by atoms with Crippen molar-refractivity contribution in [3.8, 4) is 0 Å². The molecule has 3 rings (SSSR count). The lowest BCUT2D eigenvalue weighted by molar-refractivity contribution is -0.133. The Balaban J connectivity index is 1.82. The van der Waals surface area contributed by atoms with Crippen LogP contribution in [0.1, 0.15) is 35.4 Å². The first-order valence-corrected chi connectivity index (χ1v) is 8.40. The van der Waals surface area contributed by atoms with Crippen LogP contribution in [0.3, 0.4) is 0 Å². The van der Waals surface area contributed by atoms with Crippen LogP contribution >= 0.6 is 0 Å². The number of aryl methyl sites for hydroxylation is 1. The van der Waals surface area contributed by atoms with Gasteiger partial charge in [-0.05, 0) is 36.0 Å². The van der Waals surface area contributed by atoms with Crippen LogP contribution in [0.4, 0.5) is 0 Å². The van der Waals surface area contributed by atoms with Gasteiger partial charge in [-0.3, -0.25) is 4.79 Å². The highest BCUT2D eigenvalue weighted by atomic mass is 16.2. The van der Waals surface area contributed by atoms with Gasteiger partial charge in [-0.15, -0.1) is 0 Å². The first kappa shape index (κ1) is 15.8. The van der Waals surface area contributed by atoms with Gasteiger partial charge in [-0.25, -0.2) is 0 Å². The lowest BCUT2D eigenvalue weighted by atomic mass is 9.82. The molecule has 0 aliphatic heterocycles. The molecule has 2 aromatic carbocycles. The summed E-state index contributed by atoms with van der Waals surface area (Å²) in [6, 6.07) is 18.5. The zero-order chi connectivity index (χ0) is 16.1. The van der Waals surface area contributed by atoms with E-state index in [1.807, 2.05) is 29.2 Å². The maximum atomic E-state index is 13.1. The van der Waals surface area contributed by atoms with Crippen molar-refractivity contribution in [2.75, 3.05) is 13.1 Å². The molecule has 0 heterocycles. The van der Waals surface area contributed by atoms with Crippen molar-refractivity contribution in [1.82, 2.24) is 4.90 Å². The summed E-state index contributed by atoms with van der Waals surface area (Å²) in [5, 5.41) is 0. The minimum atomic E-state index is -0.0183. The third-order valence-electron chi connectivity index (χ3n) is 4.59. The summed E-state index contributed by atoms with van der Waals surface area (Å²) >= 11 is 0. The highest BCUT2D eigenvalue weighted by Gasteiger charge is 2.29. The molecule has 23 heavy (non-hydrogen) atoms. The number of fused-ring (bicyclic) bond motifs is 1. The zero-order valence-electron chi connectivity index (χ0n) is 13.4. The highest BCUT2D eigenvalue weighted by Crippen LogP contribution is 2.33. The van der Waals surface area contributed by atoms with Gasteiger partial charge in [0, 0.05) is 19.6 Å². The van der Waals surface area contributed by atoms with Crippen molar-refractivity contribution < 1.29 is 4.79 Å². The number of hydrogen-bond donors (Lipinski definition) is 1. The van der Waals surface area contributed by atoms with E-state index >= 15 is 0 Å². The number of amides is 1. The van der Waals surface area contributed by atoms with E-state index in [1.165, 1.54) is 11.1 Å². The third kappa shape index (κ3) is 3.62. The molecule has 120 valence electrons. The number of benzene rings is 2. The summed E-state index contributed by atoms with van der Waals surface area (Å²) < 4.78 is 0. The van der Waals surface area contributed by atoms with Crippen molar-refractivity contribution in [3.63, 3.8) is 0 Å². The fraction of sp³-hybridized carbons (Fsp3) is 0.350. The van der Waals surface area contributed by atoms with Gasteiger partial charge in [-0.2, -0.15) is 0 Å². The summed E-state index contributed by atoms with van der Waals surface area (Å²) in [6.45, 7) is 1.73. The first-order valence-electron chi connectivity index (χ1n) is 8.40. The van der Waals surface area contributed by atoms with Gasteiger partial charge in [0.15, 0.2) is 0 Å². The number of rotatable bonds is 5. The summed E-state index contributed by atoms with van der Waals surface area (Å²) in [7, 11) is 0. The average Bonchev–Trinajstić information content (AvgIpc) is 2.61. The fourth-order valence-electron chi connectivity index (χ4n) is 3.46. The Bertz CT molecular complexity index is 654. The van der Waals surface area contributed by atoms with Crippen molar-refractivity contribution >= 4 is 5.91 Å². The van der Waals surface area contributed by atoms with E-state index in [-0.39, 0.29) is 11.8 Å². The molecule has 0 bridgehead atoms. The van der Waals surface area contributed by atoms with Crippen molar-refractivity contribution in [2.24, 2.45) is 5.73 Å². The fourth-order valence-corrected chi connectivity index (χ4v) is 3.46. The standard InChI is InChI=1S/C20H24N2O/c21-13-14-22(15-16-7-2-1-3-8-16)20(23)19-12-6-10-17-9-4-5-11-18(17)19/h1-5,7-9,11,19H,6,10,12-15,21H2. The largest absolute Gasteiger partial charge is 0.337 e. The van der Waals surface area contributed by atoms with Crippen molar-refractivity contribution in [3.05, 3.63) is 71.3 Å². The smallest absolute Gasteiger partial charge is 0.230 e. The topological polar surface area (TPSA) is 46.3 Å². The predicted molar refractivity (Wildman–Crippen MR) is 93.0 cm³/mol. The molecule has 2 N–H and O–H groups in total. The molecule has 2 aromatic rings. The van der Waals surface area contributed by atoms with Crippen LogP contribution in [0.25, 0.3) is 0 Å². The van der Waals surface area contributed by atoms with Gasteiger partial charge in [0.1, 0.15) is 0 Å². The van der Waals surface area contributed by atoms with E-state index in [0.717, 1.165) is 24.8 Å². The number of nitrogens with zero attached hydrogens (tertiary/aromatic N) is 1. The lowest BCUT2D eigenvalue weighted by Gasteiger charge is -2.31. The highest BCUT2D eigenvalue weighted by molar-refractivity contribution is 5.84. The van der Waals surface area contributed by atoms with Crippen LogP contribution in [0.2, 0.25) is 0 Å². The van der Waals surface area contributed by atoms with Gasteiger partial charge in [0.2, 0.25) is 5.91 Å². The molecule has 0 aromatic heterocycles. The van der Waals surface area contributed by atoms with Crippen molar-refractivity contribution in [2.45, 2.75) is 31.7 Å². The Hall–Kier alpha value is -2.13. The molecule has 0 radical (unpaired) electrons. The number of hydrogen-bond acceptors (Lipinski definition) is 2. The Morgan fingerprint density at radius 2 is 1.83 bits per heavy atom. The maximum absolute atomic E-state index is 13.1. The molecular weight excluding hydrogens is 284 g/mol. The van der Waals surface area contributed by atoms with Gasteiger partial charge >= 0.3 is 0 Å². The molecule has 1 amide bonds. The monoisotopic (exact) mass is 308 g/mol. The Morgan fingerprint density at radius 3 is 2.61 bits per heavy atom. The zero-order valence-corrected chi connectivity index (χ0v) is 13.4. The van der Waals surface area contributed by atoms with Gasteiger partial charge in [0.25, 0.3) is 0 Å². The Kier molecular flexibility index (Phi) is 5.09. The Labute approximate surface area is 138 Å². The van der Waals surface area contributed by atoms with Crippen LogP contribution in [0, 0.1) is 0 Å².